The molecule has 3 atom stereocenters. The van der Waals surface area contributed by atoms with Crippen LogP contribution in [0.25, 0.3) is 0 Å². The van der Waals surface area contributed by atoms with Gasteiger partial charge in [0, 0.05) is 18.3 Å². The maximum atomic E-state index is 13.3. The summed E-state index contributed by atoms with van der Waals surface area (Å²) < 4.78 is 0. The van der Waals surface area contributed by atoms with Crippen LogP contribution in [0.2, 0.25) is 0 Å². The van der Waals surface area contributed by atoms with Gasteiger partial charge >= 0.3 is 6.03 Å². The summed E-state index contributed by atoms with van der Waals surface area (Å²) in [4.78, 5) is 15.3. The molecule has 27 heavy (non-hydrogen) atoms. The van der Waals surface area contributed by atoms with E-state index in [4.69, 9.17) is 0 Å². The monoisotopic (exact) mass is 368 g/mol. The lowest BCUT2D eigenvalue weighted by atomic mass is 9.52. The third kappa shape index (κ3) is 2.63. The van der Waals surface area contributed by atoms with E-state index in [1.54, 1.807) is 0 Å². The van der Waals surface area contributed by atoms with E-state index in [1.807, 2.05) is 11.0 Å². The van der Waals surface area contributed by atoms with Crippen LogP contribution in [0, 0.1) is 23.7 Å². The minimum Gasteiger partial charge on any atom is -0.390 e. The average molecular weight is 369 g/mol. The molecule has 4 saturated carbocycles. The molecule has 4 nitrogen and oxygen atoms in total. The van der Waals surface area contributed by atoms with Crippen LogP contribution in [0.3, 0.4) is 0 Å². The molecule has 4 aliphatic carbocycles. The van der Waals surface area contributed by atoms with Gasteiger partial charge in [0.05, 0.1) is 5.60 Å². The zero-order chi connectivity index (χ0) is 19.0. The highest BCUT2D eigenvalue weighted by Gasteiger charge is 2.55. The van der Waals surface area contributed by atoms with Gasteiger partial charge in [-0.15, -0.1) is 0 Å². The van der Waals surface area contributed by atoms with Crippen LogP contribution in [0.5, 0.6) is 0 Å². The SMILES string of the molecule is C[C@@H]1CN(C(=O)NC2C3CC4CC2CC(O)(C4)C3)c2ccccc2C1(C)C. The molecule has 0 spiro atoms. The minimum absolute atomic E-state index is 0.0502. The highest BCUT2D eigenvalue weighted by molar-refractivity contribution is 5.94. The fraction of sp³-hybridized carbons (Fsp3) is 0.696. The number of para-hydroxylation sites is 1. The van der Waals surface area contributed by atoms with E-state index in [9.17, 15) is 9.90 Å². The Morgan fingerprint density at radius 2 is 1.81 bits per heavy atom. The van der Waals surface area contributed by atoms with Crippen LogP contribution in [-0.2, 0) is 5.41 Å². The van der Waals surface area contributed by atoms with Crippen LogP contribution in [0.15, 0.2) is 24.3 Å². The number of nitrogens with zero attached hydrogens (tertiary/aromatic N) is 1. The fourth-order valence-electron chi connectivity index (χ4n) is 6.75. The van der Waals surface area contributed by atoms with Gasteiger partial charge in [-0.05, 0) is 72.8 Å². The minimum atomic E-state index is -0.450. The summed E-state index contributed by atoms with van der Waals surface area (Å²) >= 11 is 0. The number of amides is 2. The lowest BCUT2D eigenvalue weighted by Gasteiger charge is -2.58. The number of hydrogen-bond donors (Lipinski definition) is 2. The van der Waals surface area contributed by atoms with Crippen LogP contribution in [0.4, 0.5) is 10.5 Å². The van der Waals surface area contributed by atoms with Crippen LogP contribution >= 0.6 is 0 Å². The molecule has 4 heteroatoms. The molecular formula is C23H32N2O2. The molecule has 4 bridgehead atoms. The van der Waals surface area contributed by atoms with Crippen molar-refractivity contribution in [3.05, 3.63) is 29.8 Å². The van der Waals surface area contributed by atoms with Crippen LogP contribution in [0.1, 0.15) is 58.4 Å². The fourth-order valence-corrected chi connectivity index (χ4v) is 6.75. The van der Waals surface area contributed by atoms with Crippen molar-refractivity contribution in [2.45, 2.75) is 69.9 Å². The van der Waals surface area contributed by atoms with Crippen molar-refractivity contribution in [1.82, 2.24) is 5.32 Å². The molecular weight excluding hydrogens is 336 g/mol. The number of benzene rings is 1. The highest BCUT2D eigenvalue weighted by Crippen LogP contribution is 2.55. The molecule has 6 rings (SSSR count). The molecule has 4 fully saturated rings. The van der Waals surface area contributed by atoms with Gasteiger partial charge in [-0.25, -0.2) is 4.79 Å². The van der Waals surface area contributed by atoms with Crippen LogP contribution < -0.4 is 10.2 Å². The molecule has 146 valence electrons. The van der Waals surface area contributed by atoms with Crippen molar-refractivity contribution < 1.29 is 9.90 Å². The Labute approximate surface area is 162 Å². The maximum Gasteiger partial charge on any atom is 0.322 e. The second kappa shape index (κ2) is 5.73. The summed E-state index contributed by atoms with van der Waals surface area (Å²) in [6.07, 6.45) is 5.05. The van der Waals surface area contributed by atoms with E-state index in [-0.39, 0.29) is 17.5 Å². The molecule has 2 amide bonds. The van der Waals surface area contributed by atoms with E-state index in [0.717, 1.165) is 31.5 Å². The maximum absolute atomic E-state index is 13.3. The van der Waals surface area contributed by atoms with Gasteiger partial charge in [0.1, 0.15) is 0 Å². The van der Waals surface area contributed by atoms with Crippen LogP contribution in [-0.4, -0.2) is 29.3 Å². The molecule has 1 aromatic rings. The number of anilines is 1. The smallest absolute Gasteiger partial charge is 0.322 e. The first-order valence-corrected chi connectivity index (χ1v) is 10.7. The van der Waals surface area contributed by atoms with Gasteiger partial charge < -0.3 is 10.4 Å². The predicted molar refractivity (Wildman–Crippen MR) is 107 cm³/mol. The molecule has 5 aliphatic rings. The molecule has 1 heterocycles. The first-order chi connectivity index (χ1) is 12.8. The lowest BCUT2D eigenvalue weighted by Crippen LogP contribution is -2.63. The largest absolute Gasteiger partial charge is 0.390 e. The molecule has 0 aromatic heterocycles. The molecule has 1 aromatic carbocycles. The Balaban J connectivity index is 1.39. The Hall–Kier alpha value is -1.55. The summed E-state index contributed by atoms with van der Waals surface area (Å²) in [6.45, 7) is 7.56. The zero-order valence-corrected chi connectivity index (χ0v) is 16.7. The Kier molecular flexibility index (Phi) is 3.72. The average Bonchev–Trinajstić information content (AvgIpc) is 2.60. The summed E-state index contributed by atoms with van der Waals surface area (Å²) in [5, 5.41) is 14.2. The van der Waals surface area contributed by atoms with Crippen molar-refractivity contribution in [2.24, 2.45) is 23.7 Å². The molecule has 1 aliphatic heterocycles. The summed E-state index contributed by atoms with van der Waals surface area (Å²) in [5.41, 5.74) is 1.94. The summed E-state index contributed by atoms with van der Waals surface area (Å²) in [5.74, 6) is 1.95. The standard InChI is InChI=1S/C23H32N2O2/c1-14-13-25(19-7-5-4-6-18(19)22(14,2)3)21(26)24-20-16-8-15-9-17(20)12-23(27,10-15)11-16/h4-7,14-17,20,27H,8-13H2,1-3H3,(H,24,26)/t14-,15?,16?,17?,20?,23?/m1/s1. The number of nitrogens with one attached hydrogen (secondary N) is 1. The van der Waals surface area contributed by atoms with Gasteiger partial charge in [0.25, 0.3) is 0 Å². The summed E-state index contributed by atoms with van der Waals surface area (Å²) in [6, 6.07) is 8.64. The van der Waals surface area contributed by atoms with Crippen molar-refractivity contribution in [1.29, 1.82) is 0 Å². The number of rotatable bonds is 1. The Morgan fingerprint density at radius 1 is 1.15 bits per heavy atom. The lowest BCUT2D eigenvalue weighted by molar-refractivity contribution is -0.136. The molecule has 2 N–H and O–H groups in total. The summed E-state index contributed by atoms with van der Waals surface area (Å²) in [7, 11) is 0. The number of fused-ring (bicyclic) bond motifs is 1. The van der Waals surface area contributed by atoms with E-state index in [2.05, 4.69) is 44.3 Å². The molecule has 0 saturated heterocycles. The van der Waals surface area contributed by atoms with Crippen molar-refractivity contribution in [2.75, 3.05) is 11.4 Å². The van der Waals surface area contributed by atoms with Gasteiger partial charge in [0.2, 0.25) is 0 Å². The molecule has 2 unspecified atom stereocenters. The Bertz CT molecular complexity index is 757. The first-order valence-electron chi connectivity index (χ1n) is 10.7. The second-order valence-corrected chi connectivity index (χ2v) is 10.4. The number of hydrogen-bond acceptors (Lipinski definition) is 2. The first kappa shape index (κ1) is 17.5. The number of carbonyl (C=O) groups excluding carboxylic acids is 1. The number of carbonyl (C=O) groups is 1. The third-order valence-corrected chi connectivity index (χ3v) is 8.35. The van der Waals surface area contributed by atoms with Gasteiger partial charge in [-0.2, -0.15) is 0 Å². The zero-order valence-electron chi connectivity index (χ0n) is 16.7. The third-order valence-electron chi connectivity index (χ3n) is 8.35. The van der Waals surface area contributed by atoms with Crippen molar-refractivity contribution in [3.63, 3.8) is 0 Å². The Morgan fingerprint density at radius 3 is 2.48 bits per heavy atom. The van der Waals surface area contributed by atoms with Gasteiger partial charge in [-0.1, -0.05) is 39.0 Å². The van der Waals surface area contributed by atoms with Gasteiger partial charge in [0.15, 0.2) is 0 Å². The predicted octanol–water partition coefficient (Wildman–Crippen LogP) is 4.07. The number of urea groups is 1. The van der Waals surface area contributed by atoms with Crippen molar-refractivity contribution >= 4 is 11.7 Å². The quantitative estimate of drug-likeness (QED) is 0.785. The second-order valence-electron chi connectivity index (χ2n) is 10.4. The highest BCUT2D eigenvalue weighted by atomic mass is 16.3. The van der Waals surface area contributed by atoms with E-state index < -0.39 is 5.60 Å². The normalized spacial score (nSPS) is 41.3. The molecule has 0 radical (unpaired) electrons. The van der Waals surface area contributed by atoms with Gasteiger partial charge in [-0.3, -0.25) is 4.90 Å². The topological polar surface area (TPSA) is 52.6 Å². The van der Waals surface area contributed by atoms with E-state index >= 15 is 0 Å². The number of aliphatic hydroxyl groups is 1. The van der Waals surface area contributed by atoms with E-state index in [1.165, 1.54) is 18.4 Å². The van der Waals surface area contributed by atoms with Crippen molar-refractivity contribution in [3.8, 4) is 0 Å². The van der Waals surface area contributed by atoms with E-state index in [0.29, 0.717) is 23.7 Å².